The van der Waals surface area contributed by atoms with Gasteiger partial charge in [0.15, 0.2) is 0 Å². The van der Waals surface area contributed by atoms with Gasteiger partial charge in [0.05, 0.1) is 11.0 Å². The molecule has 9 rings (SSSR count). The lowest BCUT2D eigenvalue weighted by Gasteiger charge is -2.13. The predicted octanol–water partition coefficient (Wildman–Crippen LogP) is 12.3. The van der Waals surface area contributed by atoms with E-state index in [-0.39, 0.29) is 0 Å². The second kappa shape index (κ2) is 10.3. The van der Waals surface area contributed by atoms with Crippen molar-refractivity contribution in [1.82, 2.24) is 4.57 Å². The third kappa shape index (κ3) is 4.18. The number of nitrogens with zero attached hydrogens (tertiary/aromatic N) is 1. The number of hydrogen-bond acceptors (Lipinski definition) is 1. The Morgan fingerprint density at radius 1 is 0.444 bits per heavy atom. The molecular formula is C42H26ClNO. The van der Waals surface area contributed by atoms with Gasteiger partial charge < -0.3 is 8.98 Å². The first kappa shape index (κ1) is 25.9. The van der Waals surface area contributed by atoms with Gasteiger partial charge in [0, 0.05) is 37.8 Å². The highest BCUT2D eigenvalue weighted by Crippen LogP contribution is 2.43. The summed E-state index contributed by atoms with van der Waals surface area (Å²) in [5, 5.41) is 5.43. The van der Waals surface area contributed by atoms with Gasteiger partial charge in [-0.05, 0) is 88.5 Å². The first-order valence-electron chi connectivity index (χ1n) is 15.1. The minimum Gasteiger partial charge on any atom is -0.455 e. The largest absolute Gasteiger partial charge is 0.455 e. The molecule has 0 N–H and O–H groups in total. The van der Waals surface area contributed by atoms with Gasteiger partial charge in [-0.2, -0.15) is 0 Å². The highest BCUT2D eigenvalue weighted by molar-refractivity contribution is 6.30. The van der Waals surface area contributed by atoms with Gasteiger partial charge in [-0.25, -0.2) is 0 Å². The van der Waals surface area contributed by atoms with Gasteiger partial charge in [-0.3, -0.25) is 0 Å². The average Bonchev–Trinajstić information content (AvgIpc) is 3.65. The zero-order valence-electron chi connectivity index (χ0n) is 24.2. The minimum absolute atomic E-state index is 0.723. The number of hydrogen-bond donors (Lipinski definition) is 0. The number of aromatic nitrogens is 1. The second-order valence-corrected chi connectivity index (χ2v) is 11.9. The number of para-hydroxylation sites is 4. The zero-order valence-corrected chi connectivity index (χ0v) is 25.0. The van der Waals surface area contributed by atoms with E-state index >= 15 is 0 Å². The summed E-state index contributed by atoms with van der Waals surface area (Å²) in [7, 11) is 0. The molecular weight excluding hydrogens is 570 g/mol. The fraction of sp³-hybridized carbons (Fsp3) is 0. The van der Waals surface area contributed by atoms with Crippen molar-refractivity contribution in [3.05, 3.63) is 163 Å². The molecule has 9 aromatic rings. The molecule has 0 amide bonds. The molecule has 7 aromatic carbocycles. The van der Waals surface area contributed by atoms with Crippen molar-refractivity contribution >= 4 is 55.3 Å². The Labute approximate surface area is 265 Å². The van der Waals surface area contributed by atoms with Crippen molar-refractivity contribution in [1.29, 1.82) is 0 Å². The highest BCUT2D eigenvalue weighted by Gasteiger charge is 2.18. The van der Waals surface area contributed by atoms with Crippen LogP contribution in [0.5, 0.6) is 0 Å². The molecule has 2 heterocycles. The zero-order chi connectivity index (χ0) is 29.9. The van der Waals surface area contributed by atoms with Crippen LogP contribution in [0.3, 0.4) is 0 Å². The van der Waals surface area contributed by atoms with Gasteiger partial charge in [0.25, 0.3) is 0 Å². The quantitative estimate of drug-likeness (QED) is 0.198. The van der Waals surface area contributed by atoms with Gasteiger partial charge in [0.2, 0.25) is 0 Å². The Kier molecular flexibility index (Phi) is 5.90. The maximum absolute atomic E-state index is 6.50. The third-order valence-electron chi connectivity index (χ3n) is 8.85. The lowest BCUT2D eigenvalue weighted by molar-refractivity contribution is 0.670. The first-order valence-corrected chi connectivity index (χ1v) is 15.5. The van der Waals surface area contributed by atoms with Gasteiger partial charge in [-0.1, -0.05) is 109 Å². The maximum Gasteiger partial charge on any atom is 0.143 e. The van der Waals surface area contributed by atoms with Gasteiger partial charge in [0.1, 0.15) is 11.2 Å². The molecule has 2 nitrogen and oxygen atoms in total. The predicted molar refractivity (Wildman–Crippen MR) is 189 cm³/mol. The summed E-state index contributed by atoms with van der Waals surface area (Å²) in [6, 6.07) is 55.6. The number of fused-ring (bicyclic) bond motifs is 6. The molecule has 0 aliphatic carbocycles. The first-order chi connectivity index (χ1) is 22.2. The number of halogens is 1. The Bertz CT molecular complexity index is 2540. The Morgan fingerprint density at radius 2 is 1.07 bits per heavy atom. The molecule has 212 valence electrons. The van der Waals surface area contributed by atoms with E-state index in [0.717, 1.165) is 60.5 Å². The normalized spacial score (nSPS) is 11.7. The van der Waals surface area contributed by atoms with Crippen molar-refractivity contribution in [3.8, 4) is 39.1 Å². The fourth-order valence-corrected chi connectivity index (χ4v) is 6.96. The van der Waals surface area contributed by atoms with Crippen molar-refractivity contribution in [2.75, 3.05) is 0 Å². The molecule has 2 aromatic heterocycles. The smallest absolute Gasteiger partial charge is 0.143 e. The number of rotatable bonds is 4. The van der Waals surface area contributed by atoms with Crippen LogP contribution in [0, 0.1) is 0 Å². The minimum atomic E-state index is 0.723. The second-order valence-electron chi connectivity index (χ2n) is 11.5. The van der Waals surface area contributed by atoms with Crippen LogP contribution in [0.2, 0.25) is 5.02 Å². The molecule has 0 saturated heterocycles. The maximum atomic E-state index is 6.50. The van der Waals surface area contributed by atoms with E-state index in [1.54, 1.807) is 0 Å². The van der Waals surface area contributed by atoms with Crippen molar-refractivity contribution in [2.45, 2.75) is 0 Å². The highest BCUT2D eigenvalue weighted by atomic mass is 35.5. The van der Waals surface area contributed by atoms with Crippen LogP contribution in [0.4, 0.5) is 0 Å². The SMILES string of the molecule is Clc1ccc(-c2cc(-c3cccc4c3oc3ccccc34)cc(-c3cccc4c3c3ccccc3n4-c3ccccc3)c2)cc1. The Morgan fingerprint density at radius 3 is 1.91 bits per heavy atom. The molecule has 0 unspecified atom stereocenters. The monoisotopic (exact) mass is 595 g/mol. The van der Waals surface area contributed by atoms with Crippen molar-refractivity contribution in [2.24, 2.45) is 0 Å². The fourth-order valence-electron chi connectivity index (χ4n) is 6.84. The van der Waals surface area contributed by atoms with E-state index in [1.807, 2.05) is 24.3 Å². The molecule has 45 heavy (non-hydrogen) atoms. The summed E-state index contributed by atoms with van der Waals surface area (Å²) in [6.07, 6.45) is 0. The number of furan rings is 1. The summed E-state index contributed by atoms with van der Waals surface area (Å²) in [6.45, 7) is 0. The van der Waals surface area contributed by atoms with E-state index < -0.39 is 0 Å². The molecule has 0 saturated carbocycles. The lowest BCUT2D eigenvalue weighted by atomic mass is 9.91. The van der Waals surface area contributed by atoms with Gasteiger partial charge in [-0.15, -0.1) is 0 Å². The summed E-state index contributed by atoms with van der Waals surface area (Å²) in [4.78, 5) is 0. The Hall–Kier alpha value is -5.57. The summed E-state index contributed by atoms with van der Waals surface area (Å²) in [5.41, 5.74) is 12.0. The van der Waals surface area contributed by atoms with E-state index in [0.29, 0.717) is 0 Å². The van der Waals surface area contributed by atoms with Crippen molar-refractivity contribution in [3.63, 3.8) is 0 Å². The van der Waals surface area contributed by atoms with Crippen LogP contribution >= 0.6 is 11.6 Å². The molecule has 0 radical (unpaired) electrons. The summed E-state index contributed by atoms with van der Waals surface area (Å²) < 4.78 is 8.87. The molecule has 0 aliphatic rings. The molecule has 0 bridgehead atoms. The topological polar surface area (TPSA) is 18.1 Å². The van der Waals surface area contributed by atoms with Crippen LogP contribution in [0.1, 0.15) is 0 Å². The molecule has 0 fully saturated rings. The molecule has 3 heteroatoms. The Balaban J connectivity index is 1.35. The molecule has 0 spiro atoms. The summed E-state index contributed by atoms with van der Waals surface area (Å²) >= 11 is 6.32. The standard InChI is InChI=1S/C42H26ClNO/c43-31-22-20-27(21-23-31)28-24-29(26-30(25-28)34-15-8-16-36-35-12-5-7-19-40(35)45-42(34)36)33-14-9-18-39-41(33)37-13-4-6-17-38(37)44(39)32-10-2-1-3-11-32/h1-26H. The number of benzene rings is 7. The van der Waals surface area contributed by atoms with Crippen LogP contribution in [0.25, 0.3) is 82.8 Å². The van der Waals surface area contributed by atoms with Crippen LogP contribution in [-0.2, 0) is 0 Å². The van der Waals surface area contributed by atoms with Crippen LogP contribution < -0.4 is 0 Å². The van der Waals surface area contributed by atoms with E-state index in [1.165, 1.54) is 27.4 Å². The van der Waals surface area contributed by atoms with Crippen LogP contribution in [-0.4, -0.2) is 4.57 Å². The van der Waals surface area contributed by atoms with Gasteiger partial charge >= 0.3 is 0 Å². The van der Waals surface area contributed by atoms with E-state index in [2.05, 4.69) is 138 Å². The van der Waals surface area contributed by atoms with Crippen LogP contribution in [0.15, 0.2) is 162 Å². The average molecular weight is 596 g/mol. The lowest BCUT2D eigenvalue weighted by Crippen LogP contribution is -1.93. The van der Waals surface area contributed by atoms with Crippen molar-refractivity contribution < 1.29 is 4.42 Å². The summed E-state index contributed by atoms with van der Waals surface area (Å²) in [5.74, 6) is 0. The molecule has 0 aliphatic heterocycles. The molecule has 0 atom stereocenters. The van der Waals surface area contributed by atoms with E-state index in [4.69, 9.17) is 16.0 Å². The van der Waals surface area contributed by atoms with E-state index in [9.17, 15) is 0 Å². The third-order valence-corrected chi connectivity index (χ3v) is 9.10.